The zero-order chi connectivity index (χ0) is 28.9. The summed E-state index contributed by atoms with van der Waals surface area (Å²) in [6.45, 7) is 6.79. The second-order valence-electron chi connectivity index (χ2n) is 9.26. The smallest absolute Gasteiger partial charge is 0.296 e. The van der Waals surface area contributed by atoms with Gasteiger partial charge in [-0.05, 0) is 55.7 Å². The summed E-state index contributed by atoms with van der Waals surface area (Å²) in [7, 11) is 0. The van der Waals surface area contributed by atoms with Crippen LogP contribution in [-0.2, 0) is 10.5 Å². The molecule has 1 aliphatic heterocycles. The maximum Gasteiger partial charge on any atom is 0.296 e. The Labute approximate surface area is 245 Å². The molecule has 0 aliphatic carbocycles. The average Bonchev–Trinajstić information content (AvgIpc) is 3.73. The van der Waals surface area contributed by atoms with Gasteiger partial charge in [-0.15, -0.1) is 10.2 Å². The molecule has 41 heavy (non-hydrogen) atoms. The zero-order valence-corrected chi connectivity index (χ0v) is 24.5. The number of furan rings is 1. The predicted octanol–water partition coefficient (Wildman–Crippen LogP) is 6.70. The molecular formula is C30H29N3O6S2. The van der Waals surface area contributed by atoms with E-state index in [0.717, 1.165) is 12.0 Å². The minimum absolute atomic E-state index is 0.00531. The summed E-state index contributed by atoms with van der Waals surface area (Å²) >= 11 is 2.71. The van der Waals surface area contributed by atoms with Gasteiger partial charge in [0, 0.05) is 5.75 Å². The fourth-order valence-electron chi connectivity index (χ4n) is 4.37. The maximum atomic E-state index is 13.5. The fourth-order valence-corrected chi connectivity index (χ4v) is 6.20. The number of carbonyl (C=O) groups excluding carboxylic acids is 2. The highest BCUT2D eigenvalue weighted by Gasteiger charge is 2.47. The number of ether oxygens (including phenoxy) is 2. The third-order valence-corrected chi connectivity index (χ3v) is 8.45. The van der Waals surface area contributed by atoms with Crippen molar-refractivity contribution < 1.29 is 28.6 Å². The van der Waals surface area contributed by atoms with Gasteiger partial charge in [0.25, 0.3) is 5.91 Å². The van der Waals surface area contributed by atoms with Crippen molar-refractivity contribution in [2.75, 3.05) is 18.1 Å². The summed E-state index contributed by atoms with van der Waals surface area (Å²) in [6.07, 6.45) is 2.18. The van der Waals surface area contributed by atoms with Crippen LogP contribution in [0.15, 0.2) is 80.9 Å². The molecule has 1 unspecified atom stereocenters. The van der Waals surface area contributed by atoms with Crippen LogP contribution in [0.3, 0.4) is 0 Å². The Morgan fingerprint density at radius 3 is 2.61 bits per heavy atom. The van der Waals surface area contributed by atoms with Crippen molar-refractivity contribution in [1.29, 1.82) is 0 Å². The topological polar surface area (TPSA) is 115 Å². The SMILES string of the molecule is CCCOc1ccc(C2C(C(=O)c3ccco3)=C(O)C(=O)N2c2nnc(SCc3ccc(C)cc3)s2)cc1OCC. The maximum absolute atomic E-state index is 13.5. The van der Waals surface area contributed by atoms with Gasteiger partial charge in [0.15, 0.2) is 27.4 Å². The van der Waals surface area contributed by atoms with E-state index in [9.17, 15) is 14.7 Å². The van der Waals surface area contributed by atoms with E-state index in [2.05, 4.69) is 34.5 Å². The molecule has 0 spiro atoms. The van der Waals surface area contributed by atoms with Gasteiger partial charge in [-0.2, -0.15) is 0 Å². The number of thioether (sulfide) groups is 1. The minimum atomic E-state index is -0.998. The molecule has 212 valence electrons. The Balaban J connectivity index is 1.52. The molecule has 11 heteroatoms. The number of Topliss-reactive ketones (excluding diaryl/α,β-unsaturated/α-hetero) is 1. The molecule has 0 bridgehead atoms. The van der Waals surface area contributed by atoms with Crippen molar-refractivity contribution in [3.63, 3.8) is 0 Å². The van der Waals surface area contributed by atoms with Crippen LogP contribution < -0.4 is 14.4 Å². The number of aryl methyl sites for hydroxylation is 1. The number of hydrogen-bond donors (Lipinski definition) is 1. The Hall–Kier alpha value is -4.09. The molecule has 2 aromatic carbocycles. The van der Waals surface area contributed by atoms with Crippen molar-refractivity contribution in [3.05, 3.63) is 94.6 Å². The van der Waals surface area contributed by atoms with Gasteiger partial charge in [-0.1, -0.05) is 65.9 Å². The lowest BCUT2D eigenvalue weighted by Gasteiger charge is -2.24. The van der Waals surface area contributed by atoms with Crippen LogP contribution in [0.2, 0.25) is 0 Å². The fraction of sp³-hybridized carbons (Fsp3) is 0.267. The number of benzene rings is 2. The van der Waals surface area contributed by atoms with E-state index in [1.165, 1.54) is 45.9 Å². The van der Waals surface area contributed by atoms with Gasteiger partial charge in [0.2, 0.25) is 10.9 Å². The van der Waals surface area contributed by atoms with Gasteiger partial charge in [0.05, 0.1) is 31.1 Å². The molecule has 0 radical (unpaired) electrons. The largest absolute Gasteiger partial charge is 0.503 e. The Bertz CT molecular complexity index is 1560. The van der Waals surface area contributed by atoms with Crippen molar-refractivity contribution in [1.82, 2.24) is 10.2 Å². The van der Waals surface area contributed by atoms with E-state index in [1.807, 2.05) is 20.8 Å². The number of hydrogen-bond acceptors (Lipinski definition) is 10. The lowest BCUT2D eigenvalue weighted by Crippen LogP contribution is -2.31. The van der Waals surface area contributed by atoms with Crippen LogP contribution in [0.25, 0.3) is 0 Å². The van der Waals surface area contributed by atoms with E-state index >= 15 is 0 Å². The predicted molar refractivity (Wildman–Crippen MR) is 157 cm³/mol. The molecule has 0 saturated carbocycles. The number of nitrogens with zero attached hydrogens (tertiary/aromatic N) is 3. The number of rotatable bonds is 12. The van der Waals surface area contributed by atoms with Gasteiger partial charge >= 0.3 is 0 Å². The van der Waals surface area contributed by atoms with Crippen molar-refractivity contribution >= 4 is 39.9 Å². The molecule has 1 aliphatic rings. The molecule has 5 rings (SSSR count). The van der Waals surface area contributed by atoms with Gasteiger partial charge < -0.3 is 19.0 Å². The van der Waals surface area contributed by atoms with Crippen LogP contribution in [-0.4, -0.2) is 40.2 Å². The van der Waals surface area contributed by atoms with E-state index in [0.29, 0.717) is 40.4 Å². The summed E-state index contributed by atoms with van der Waals surface area (Å²) in [5.41, 5.74) is 2.74. The van der Waals surface area contributed by atoms with E-state index in [4.69, 9.17) is 13.9 Å². The summed E-state index contributed by atoms with van der Waals surface area (Å²) in [6, 6.07) is 15.5. The van der Waals surface area contributed by atoms with Gasteiger partial charge in [-0.25, -0.2) is 0 Å². The lowest BCUT2D eigenvalue weighted by atomic mass is 9.95. The Morgan fingerprint density at radius 2 is 1.90 bits per heavy atom. The summed E-state index contributed by atoms with van der Waals surface area (Å²) in [5, 5.41) is 19.9. The zero-order valence-electron chi connectivity index (χ0n) is 22.8. The first-order valence-electron chi connectivity index (χ1n) is 13.2. The molecule has 1 atom stereocenters. The molecule has 4 aromatic rings. The van der Waals surface area contributed by atoms with Crippen LogP contribution in [0, 0.1) is 6.92 Å². The third-order valence-electron chi connectivity index (χ3n) is 6.33. The first-order chi connectivity index (χ1) is 19.9. The van der Waals surface area contributed by atoms with Crippen LogP contribution >= 0.6 is 23.1 Å². The number of amides is 1. The molecule has 9 nitrogen and oxygen atoms in total. The average molecular weight is 592 g/mol. The Kier molecular flexibility index (Phi) is 8.75. The first-order valence-corrected chi connectivity index (χ1v) is 15.0. The number of anilines is 1. The van der Waals surface area contributed by atoms with Gasteiger partial charge in [-0.3, -0.25) is 14.5 Å². The highest BCUT2D eigenvalue weighted by atomic mass is 32.2. The molecule has 1 N–H and O–H groups in total. The number of aliphatic hydroxyl groups excluding tert-OH is 1. The molecule has 3 heterocycles. The standard InChI is InChI=1S/C30H29N3O6S2/c1-4-14-38-21-13-12-20(16-23(21)37-5-2)25-24(26(34)22-7-6-15-39-22)27(35)28(36)33(25)29-31-32-30(41-29)40-17-19-10-8-18(3)9-11-19/h6-13,15-16,25,35H,4-5,14,17H2,1-3H3. The monoisotopic (exact) mass is 591 g/mol. The van der Waals surface area contributed by atoms with Crippen molar-refractivity contribution in [2.24, 2.45) is 0 Å². The molecule has 2 aromatic heterocycles. The van der Waals surface area contributed by atoms with Crippen LogP contribution in [0.5, 0.6) is 11.5 Å². The molecule has 0 fully saturated rings. The molecule has 1 amide bonds. The summed E-state index contributed by atoms with van der Waals surface area (Å²) in [5.74, 6) is -0.318. The first kappa shape index (κ1) is 28.4. The highest BCUT2D eigenvalue weighted by Crippen LogP contribution is 2.45. The normalized spacial score (nSPS) is 15.0. The van der Waals surface area contributed by atoms with Crippen molar-refractivity contribution in [3.8, 4) is 11.5 Å². The Morgan fingerprint density at radius 1 is 1.10 bits per heavy atom. The number of carbonyl (C=O) groups is 2. The van der Waals surface area contributed by atoms with E-state index in [-0.39, 0.29) is 16.5 Å². The third kappa shape index (κ3) is 6.01. The second kappa shape index (κ2) is 12.6. The second-order valence-corrected chi connectivity index (χ2v) is 11.4. The van der Waals surface area contributed by atoms with Crippen LogP contribution in [0.1, 0.15) is 53.6 Å². The van der Waals surface area contributed by atoms with Crippen molar-refractivity contribution in [2.45, 2.75) is 43.3 Å². The number of aliphatic hydroxyl groups is 1. The summed E-state index contributed by atoms with van der Waals surface area (Å²) < 4.78 is 17.7. The van der Waals surface area contributed by atoms with E-state index < -0.39 is 23.5 Å². The molecular weight excluding hydrogens is 562 g/mol. The molecule has 0 saturated heterocycles. The lowest BCUT2D eigenvalue weighted by molar-refractivity contribution is -0.117. The van der Waals surface area contributed by atoms with Crippen LogP contribution in [0.4, 0.5) is 5.13 Å². The summed E-state index contributed by atoms with van der Waals surface area (Å²) in [4.78, 5) is 28.4. The minimum Gasteiger partial charge on any atom is -0.503 e. The quantitative estimate of drug-likeness (QED) is 0.109. The number of aromatic nitrogens is 2. The van der Waals surface area contributed by atoms with E-state index in [1.54, 1.807) is 24.3 Å². The highest BCUT2D eigenvalue weighted by molar-refractivity contribution is 8.00. The number of ketones is 1. The van der Waals surface area contributed by atoms with Gasteiger partial charge in [0.1, 0.15) is 0 Å².